The van der Waals surface area contributed by atoms with Crippen LogP contribution in [0.25, 0.3) is 0 Å². The summed E-state index contributed by atoms with van der Waals surface area (Å²) in [6.45, 7) is 2.19. The van der Waals surface area contributed by atoms with Crippen molar-refractivity contribution in [2.75, 3.05) is 39.8 Å². The molecule has 168 valence electrons. The van der Waals surface area contributed by atoms with Crippen LogP contribution in [-0.4, -0.2) is 73.3 Å². The van der Waals surface area contributed by atoms with Gasteiger partial charge in [-0.15, -0.1) is 0 Å². The number of piperidine rings is 2. The number of hydrogen-bond acceptors (Lipinski definition) is 5. The van der Waals surface area contributed by atoms with Crippen LogP contribution >= 0.6 is 0 Å². The number of carbonyl (C=O) groups is 4. The second kappa shape index (κ2) is 10.9. The lowest BCUT2D eigenvalue weighted by atomic mass is 9.91. The van der Waals surface area contributed by atoms with E-state index in [0.29, 0.717) is 38.2 Å². The zero-order valence-electron chi connectivity index (χ0n) is 18.0. The maximum atomic E-state index is 13.0. The molecule has 2 saturated heterocycles. The maximum Gasteiger partial charge on any atom is 0.305 e. The minimum atomic E-state index is -0.284. The molecule has 0 saturated carbocycles. The minimum absolute atomic E-state index is 0.0758. The van der Waals surface area contributed by atoms with Crippen LogP contribution in [0.2, 0.25) is 0 Å². The molecule has 0 radical (unpaired) electrons. The Morgan fingerprint density at radius 3 is 2.39 bits per heavy atom. The molecule has 31 heavy (non-hydrogen) atoms. The number of carbonyl (C=O) groups excluding carboxylic acids is 4. The van der Waals surface area contributed by atoms with E-state index in [2.05, 4.69) is 5.32 Å². The van der Waals surface area contributed by atoms with Crippen molar-refractivity contribution in [2.45, 2.75) is 32.1 Å². The van der Waals surface area contributed by atoms with Crippen LogP contribution in [0, 0.1) is 11.8 Å². The van der Waals surface area contributed by atoms with Crippen molar-refractivity contribution >= 4 is 23.7 Å². The molecule has 8 nitrogen and oxygen atoms in total. The summed E-state index contributed by atoms with van der Waals surface area (Å²) in [6, 6.07) is 8.77. The average Bonchev–Trinajstić information content (AvgIpc) is 2.82. The standard InChI is InChI=1S/C23H31N3O5/c1-31-21(28)14-17-9-12-25(13-10-17)23(30)19-8-5-11-26(16-19)20(27)15-24-22(29)18-6-3-2-4-7-18/h2-4,6-7,17,19H,5,8-16H2,1H3,(H,24,29). The molecule has 3 amide bonds. The molecule has 0 aromatic heterocycles. The Morgan fingerprint density at radius 1 is 1.00 bits per heavy atom. The van der Waals surface area contributed by atoms with Crippen LogP contribution in [0.5, 0.6) is 0 Å². The van der Waals surface area contributed by atoms with E-state index in [0.717, 1.165) is 25.7 Å². The monoisotopic (exact) mass is 429 g/mol. The van der Waals surface area contributed by atoms with Crippen LogP contribution in [-0.2, 0) is 19.1 Å². The molecule has 0 spiro atoms. The molecule has 1 aromatic rings. The third-order valence-corrected chi connectivity index (χ3v) is 6.17. The van der Waals surface area contributed by atoms with Gasteiger partial charge in [0.1, 0.15) is 0 Å². The lowest BCUT2D eigenvalue weighted by Crippen LogP contribution is -2.50. The molecule has 2 aliphatic rings. The van der Waals surface area contributed by atoms with Gasteiger partial charge in [-0.1, -0.05) is 18.2 Å². The molecule has 0 bridgehead atoms. The van der Waals surface area contributed by atoms with Crippen LogP contribution in [0.4, 0.5) is 0 Å². The first kappa shape index (κ1) is 22.8. The van der Waals surface area contributed by atoms with E-state index in [1.807, 2.05) is 11.0 Å². The van der Waals surface area contributed by atoms with Crippen molar-refractivity contribution in [2.24, 2.45) is 11.8 Å². The first-order valence-electron chi connectivity index (χ1n) is 10.9. The number of nitrogens with one attached hydrogen (secondary N) is 1. The molecule has 1 atom stereocenters. The Morgan fingerprint density at radius 2 is 1.71 bits per heavy atom. The number of ether oxygens (including phenoxy) is 1. The Bertz CT molecular complexity index is 790. The van der Waals surface area contributed by atoms with Crippen molar-refractivity contribution in [1.82, 2.24) is 15.1 Å². The van der Waals surface area contributed by atoms with Gasteiger partial charge in [-0.05, 0) is 43.7 Å². The van der Waals surface area contributed by atoms with E-state index >= 15 is 0 Å². The number of amides is 3. The maximum absolute atomic E-state index is 13.0. The number of methoxy groups -OCH3 is 1. The number of benzene rings is 1. The summed E-state index contributed by atoms with van der Waals surface area (Å²) in [6.07, 6.45) is 3.52. The Balaban J connectivity index is 1.45. The van der Waals surface area contributed by atoms with E-state index in [-0.39, 0.29) is 42.1 Å². The van der Waals surface area contributed by atoms with Crippen molar-refractivity contribution in [3.05, 3.63) is 35.9 Å². The van der Waals surface area contributed by atoms with Gasteiger partial charge in [-0.25, -0.2) is 0 Å². The molecule has 3 rings (SSSR count). The molecule has 0 aliphatic carbocycles. The zero-order chi connectivity index (χ0) is 22.2. The smallest absolute Gasteiger partial charge is 0.305 e. The lowest BCUT2D eigenvalue weighted by Gasteiger charge is -2.37. The quantitative estimate of drug-likeness (QED) is 0.691. The molecular weight excluding hydrogens is 398 g/mol. The van der Waals surface area contributed by atoms with E-state index in [1.54, 1.807) is 29.2 Å². The largest absolute Gasteiger partial charge is 0.469 e. The Labute approximate surface area is 182 Å². The van der Waals surface area contributed by atoms with E-state index in [9.17, 15) is 19.2 Å². The number of esters is 1. The van der Waals surface area contributed by atoms with Gasteiger partial charge in [0.25, 0.3) is 5.91 Å². The van der Waals surface area contributed by atoms with E-state index in [4.69, 9.17) is 4.74 Å². The highest BCUT2D eigenvalue weighted by atomic mass is 16.5. The molecule has 8 heteroatoms. The van der Waals surface area contributed by atoms with Gasteiger partial charge < -0.3 is 19.9 Å². The number of nitrogens with zero attached hydrogens (tertiary/aromatic N) is 2. The molecule has 2 aliphatic heterocycles. The summed E-state index contributed by atoms with van der Waals surface area (Å²) in [5.41, 5.74) is 0.512. The lowest BCUT2D eigenvalue weighted by molar-refractivity contribution is -0.143. The summed E-state index contributed by atoms with van der Waals surface area (Å²) >= 11 is 0. The van der Waals surface area contributed by atoms with Gasteiger partial charge in [0.2, 0.25) is 11.8 Å². The second-order valence-corrected chi connectivity index (χ2v) is 8.28. The summed E-state index contributed by atoms with van der Waals surface area (Å²) in [5.74, 6) is -0.520. The predicted molar refractivity (Wildman–Crippen MR) is 114 cm³/mol. The van der Waals surface area contributed by atoms with Gasteiger partial charge >= 0.3 is 5.97 Å². The van der Waals surface area contributed by atoms with E-state index in [1.165, 1.54) is 7.11 Å². The zero-order valence-corrected chi connectivity index (χ0v) is 18.0. The van der Waals surface area contributed by atoms with Gasteiger partial charge in [0.15, 0.2) is 0 Å². The van der Waals surface area contributed by atoms with Crippen molar-refractivity contribution in [1.29, 1.82) is 0 Å². The highest BCUT2D eigenvalue weighted by molar-refractivity contribution is 5.96. The highest BCUT2D eigenvalue weighted by Gasteiger charge is 2.33. The SMILES string of the molecule is COC(=O)CC1CCN(C(=O)C2CCCN(C(=O)CNC(=O)c3ccccc3)C2)CC1. The number of likely N-dealkylation sites (tertiary alicyclic amines) is 2. The van der Waals surface area contributed by atoms with E-state index < -0.39 is 0 Å². The minimum Gasteiger partial charge on any atom is -0.469 e. The Kier molecular flexibility index (Phi) is 8.03. The summed E-state index contributed by atoms with van der Waals surface area (Å²) < 4.78 is 4.73. The fraction of sp³-hybridized carbons (Fsp3) is 0.565. The number of hydrogen-bond donors (Lipinski definition) is 1. The molecular formula is C23H31N3O5. The van der Waals surface area contributed by atoms with Crippen molar-refractivity contribution in [3.8, 4) is 0 Å². The molecule has 2 heterocycles. The topological polar surface area (TPSA) is 96.0 Å². The molecule has 1 unspecified atom stereocenters. The van der Waals surface area contributed by atoms with Crippen LogP contribution < -0.4 is 5.32 Å². The van der Waals surface area contributed by atoms with Crippen LogP contribution in [0.3, 0.4) is 0 Å². The normalized spacial score (nSPS) is 19.6. The second-order valence-electron chi connectivity index (χ2n) is 8.28. The average molecular weight is 430 g/mol. The van der Waals surface area contributed by atoms with Crippen LogP contribution in [0.15, 0.2) is 30.3 Å². The van der Waals surface area contributed by atoms with Gasteiger partial charge in [-0.3, -0.25) is 19.2 Å². The molecule has 2 fully saturated rings. The van der Waals surface area contributed by atoms with Gasteiger partial charge in [0.05, 0.1) is 19.6 Å². The van der Waals surface area contributed by atoms with Crippen LogP contribution in [0.1, 0.15) is 42.5 Å². The first-order valence-corrected chi connectivity index (χ1v) is 10.9. The fourth-order valence-electron chi connectivity index (χ4n) is 4.30. The molecule has 1 N–H and O–H groups in total. The summed E-state index contributed by atoms with van der Waals surface area (Å²) in [7, 11) is 1.39. The summed E-state index contributed by atoms with van der Waals surface area (Å²) in [5, 5.41) is 2.67. The predicted octanol–water partition coefficient (Wildman–Crippen LogP) is 1.46. The van der Waals surface area contributed by atoms with Gasteiger partial charge in [-0.2, -0.15) is 0 Å². The van der Waals surface area contributed by atoms with Crippen molar-refractivity contribution < 1.29 is 23.9 Å². The Hall–Kier alpha value is -2.90. The van der Waals surface area contributed by atoms with Gasteiger partial charge in [0, 0.05) is 38.2 Å². The van der Waals surface area contributed by atoms with Crippen molar-refractivity contribution in [3.63, 3.8) is 0 Å². The summed E-state index contributed by atoms with van der Waals surface area (Å²) in [4.78, 5) is 52.7. The third-order valence-electron chi connectivity index (χ3n) is 6.17. The fourth-order valence-corrected chi connectivity index (χ4v) is 4.30. The highest BCUT2D eigenvalue weighted by Crippen LogP contribution is 2.25. The molecule has 1 aromatic carbocycles. The third kappa shape index (κ3) is 6.29. The first-order chi connectivity index (χ1) is 15.0. The number of rotatable bonds is 6.